The number of carboxylic acids is 1. The summed E-state index contributed by atoms with van der Waals surface area (Å²) in [5, 5.41) is 13.2. The Morgan fingerprint density at radius 2 is 1.67 bits per heavy atom. The number of oxazole rings is 1. The quantitative estimate of drug-likeness (QED) is 0.229. The standard InChI is InChI=1S/C34H30N2O6.Na/c1-21-26(35-33(42-21)24-10-5-4-6-11-24)20-40-29-17-16-23(18-31(29)39-3)19-36-27-13-8-7-12-25(27)32-28(36)14-9-15-30(32)41-22(2)34(37)38;/h4-18,22H,19-20H2,1-3H3,(H,37,38);/q;+1/p-1. The van der Waals surface area contributed by atoms with Crippen LogP contribution in [0.3, 0.4) is 0 Å². The van der Waals surface area contributed by atoms with E-state index >= 15 is 0 Å². The molecule has 0 aliphatic heterocycles. The molecule has 6 rings (SSSR count). The number of carbonyl (C=O) groups is 1. The second kappa shape index (κ2) is 13.0. The minimum Gasteiger partial charge on any atom is -0.546 e. The summed E-state index contributed by atoms with van der Waals surface area (Å²) in [5.74, 6) is 1.69. The van der Waals surface area contributed by atoms with Crippen molar-refractivity contribution in [1.82, 2.24) is 9.55 Å². The first kappa shape index (κ1) is 30.2. The Labute approximate surface area is 271 Å². The van der Waals surface area contributed by atoms with E-state index < -0.39 is 12.1 Å². The normalized spacial score (nSPS) is 11.7. The average Bonchev–Trinajstić information content (AvgIpc) is 3.54. The molecule has 4 aromatic carbocycles. The van der Waals surface area contributed by atoms with Gasteiger partial charge in [-0.2, -0.15) is 0 Å². The summed E-state index contributed by atoms with van der Waals surface area (Å²) in [6, 6.07) is 29.3. The molecule has 1 unspecified atom stereocenters. The molecule has 0 amide bonds. The molecular weight excluding hydrogens is 555 g/mol. The van der Waals surface area contributed by atoms with Gasteiger partial charge in [0.05, 0.1) is 18.6 Å². The van der Waals surface area contributed by atoms with Gasteiger partial charge in [-0.3, -0.25) is 0 Å². The van der Waals surface area contributed by atoms with Crippen LogP contribution in [0, 0.1) is 6.92 Å². The molecule has 1 atom stereocenters. The van der Waals surface area contributed by atoms with Crippen LogP contribution < -0.4 is 48.9 Å². The number of benzene rings is 4. The number of para-hydroxylation sites is 1. The molecular formula is C34H29N2NaO6. The Morgan fingerprint density at radius 1 is 0.930 bits per heavy atom. The Morgan fingerprint density at radius 3 is 2.44 bits per heavy atom. The number of aromatic nitrogens is 2. The summed E-state index contributed by atoms with van der Waals surface area (Å²) in [5.41, 5.74) is 4.55. The van der Waals surface area contributed by atoms with Crippen LogP contribution in [0.5, 0.6) is 17.2 Å². The maximum absolute atomic E-state index is 11.4. The van der Waals surface area contributed by atoms with Gasteiger partial charge in [0.15, 0.2) is 11.5 Å². The van der Waals surface area contributed by atoms with E-state index in [-0.39, 0.29) is 36.2 Å². The van der Waals surface area contributed by atoms with Crippen molar-refractivity contribution >= 4 is 27.8 Å². The van der Waals surface area contributed by atoms with Crippen LogP contribution in [-0.4, -0.2) is 28.7 Å². The van der Waals surface area contributed by atoms with Gasteiger partial charge in [-0.05, 0) is 61.9 Å². The van der Waals surface area contributed by atoms with Crippen molar-refractivity contribution in [1.29, 1.82) is 0 Å². The Bertz CT molecular complexity index is 1900. The van der Waals surface area contributed by atoms with E-state index in [4.69, 9.17) is 18.6 Å². The van der Waals surface area contributed by atoms with Crippen LogP contribution in [0.4, 0.5) is 0 Å². The van der Waals surface area contributed by atoms with E-state index in [0.717, 1.165) is 38.6 Å². The summed E-state index contributed by atoms with van der Waals surface area (Å²) in [6.07, 6.45) is -1.08. The second-order valence-corrected chi connectivity index (χ2v) is 9.99. The molecule has 2 aromatic heterocycles. The van der Waals surface area contributed by atoms with Crippen LogP contribution >= 0.6 is 0 Å². The number of aryl methyl sites for hydroxylation is 1. The molecule has 9 heteroatoms. The molecule has 212 valence electrons. The van der Waals surface area contributed by atoms with Crippen molar-refractivity contribution in [3.05, 3.63) is 108 Å². The minimum atomic E-state index is -1.26. The molecule has 0 bridgehead atoms. The average molecular weight is 585 g/mol. The van der Waals surface area contributed by atoms with Crippen molar-refractivity contribution in [2.75, 3.05) is 7.11 Å². The van der Waals surface area contributed by atoms with E-state index in [0.29, 0.717) is 35.4 Å². The topological polar surface area (TPSA) is 98.8 Å². The number of carbonyl (C=O) groups excluding carboxylic acids is 1. The Kier molecular flexibility index (Phi) is 9.11. The first-order chi connectivity index (χ1) is 20.4. The number of hydrogen-bond donors (Lipinski definition) is 0. The molecule has 0 N–H and O–H groups in total. The summed E-state index contributed by atoms with van der Waals surface area (Å²) >= 11 is 0. The monoisotopic (exact) mass is 584 g/mol. The predicted molar refractivity (Wildman–Crippen MR) is 158 cm³/mol. The molecule has 2 heterocycles. The van der Waals surface area contributed by atoms with Crippen LogP contribution in [0.1, 0.15) is 23.9 Å². The summed E-state index contributed by atoms with van der Waals surface area (Å²) in [4.78, 5) is 16.0. The van der Waals surface area contributed by atoms with Gasteiger partial charge in [-0.1, -0.05) is 48.5 Å². The Balaban J connectivity index is 0.00000368. The number of ether oxygens (including phenoxy) is 3. The number of methoxy groups -OCH3 is 1. The van der Waals surface area contributed by atoms with Gasteiger partial charge < -0.3 is 33.1 Å². The van der Waals surface area contributed by atoms with Crippen molar-refractivity contribution in [2.24, 2.45) is 0 Å². The fourth-order valence-corrected chi connectivity index (χ4v) is 5.10. The number of carboxylic acid groups (broad SMARTS) is 1. The van der Waals surface area contributed by atoms with Crippen LogP contribution in [0.2, 0.25) is 0 Å². The number of aliphatic carboxylic acids is 1. The molecule has 0 saturated carbocycles. The first-order valence-corrected chi connectivity index (χ1v) is 13.6. The van der Waals surface area contributed by atoms with Gasteiger partial charge in [-0.25, -0.2) is 4.98 Å². The third-order valence-electron chi connectivity index (χ3n) is 7.24. The van der Waals surface area contributed by atoms with Crippen molar-refractivity contribution in [3.8, 4) is 28.7 Å². The van der Waals surface area contributed by atoms with Gasteiger partial charge in [0.2, 0.25) is 5.89 Å². The molecule has 0 aliphatic carbocycles. The largest absolute Gasteiger partial charge is 1.00 e. The first-order valence-electron chi connectivity index (χ1n) is 13.6. The fourth-order valence-electron chi connectivity index (χ4n) is 5.10. The molecule has 6 aromatic rings. The molecule has 0 aliphatic rings. The van der Waals surface area contributed by atoms with Gasteiger partial charge >= 0.3 is 29.6 Å². The van der Waals surface area contributed by atoms with E-state index in [1.54, 1.807) is 13.2 Å². The number of rotatable bonds is 10. The van der Waals surface area contributed by atoms with E-state index in [9.17, 15) is 9.90 Å². The molecule has 0 spiro atoms. The summed E-state index contributed by atoms with van der Waals surface area (Å²) in [7, 11) is 1.61. The summed E-state index contributed by atoms with van der Waals surface area (Å²) < 4.78 is 25.7. The van der Waals surface area contributed by atoms with Gasteiger partial charge in [0.1, 0.15) is 29.9 Å². The van der Waals surface area contributed by atoms with E-state index in [1.165, 1.54) is 6.92 Å². The van der Waals surface area contributed by atoms with Crippen LogP contribution in [0.25, 0.3) is 33.3 Å². The number of fused-ring (bicyclic) bond motifs is 3. The third-order valence-corrected chi connectivity index (χ3v) is 7.24. The van der Waals surface area contributed by atoms with Crippen molar-refractivity contribution in [3.63, 3.8) is 0 Å². The van der Waals surface area contributed by atoms with E-state index in [2.05, 4.69) is 9.55 Å². The summed E-state index contributed by atoms with van der Waals surface area (Å²) in [6.45, 7) is 4.12. The number of hydrogen-bond acceptors (Lipinski definition) is 7. The molecule has 0 fully saturated rings. The van der Waals surface area contributed by atoms with Gasteiger partial charge in [-0.15, -0.1) is 0 Å². The zero-order valence-electron chi connectivity index (χ0n) is 24.5. The fraction of sp³-hybridized carbons (Fsp3) is 0.176. The minimum absolute atomic E-state index is 0. The maximum Gasteiger partial charge on any atom is 1.00 e. The van der Waals surface area contributed by atoms with Gasteiger partial charge in [0, 0.05) is 28.4 Å². The van der Waals surface area contributed by atoms with Crippen LogP contribution in [-0.2, 0) is 17.9 Å². The SMILES string of the molecule is COc1cc(Cn2c3ccccc3c3c(OC(C)C(=O)[O-])cccc32)ccc1OCc1nc(-c2ccccc2)oc1C.[Na+]. The molecule has 43 heavy (non-hydrogen) atoms. The third kappa shape index (κ3) is 6.13. The smallest absolute Gasteiger partial charge is 0.546 e. The molecule has 0 saturated heterocycles. The van der Waals surface area contributed by atoms with E-state index in [1.807, 2.05) is 91.9 Å². The van der Waals surface area contributed by atoms with Gasteiger partial charge in [0.25, 0.3) is 0 Å². The molecule has 0 radical (unpaired) electrons. The second-order valence-electron chi connectivity index (χ2n) is 9.99. The number of nitrogens with zero attached hydrogens (tertiary/aromatic N) is 2. The molecule has 8 nitrogen and oxygen atoms in total. The zero-order chi connectivity index (χ0) is 29.2. The van der Waals surface area contributed by atoms with Crippen molar-refractivity contribution in [2.45, 2.75) is 33.1 Å². The zero-order valence-corrected chi connectivity index (χ0v) is 26.5. The maximum atomic E-state index is 11.4. The Hall–Kier alpha value is -4.24. The van der Waals surface area contributed by atoms with Crippen molar-refractivity contribution < 1.29 is 58.1 Å². The van der Waals surface area contributed by atoms with Crippen LogP contribution in [0.15, 0.2) is 95.4 Å². The predicted octanol–water partition coefficient (Wildman–Crippen LogP) is 2.92.